The van der Waals surface area contributed by atoms with Crippen LogP contribution in [0.5, 0.6) is 0 Å². The second-order valence-electron chi connectivity index (χ2n) is 16.9. The highest BCUT2D eigenvalue weighted by Crippen LogP contribution is 2.35. The van der Waals surface area contributed by atoms with Gasteiger partial charge in [-0.2, -0.15) is 0 Å². The number of nitrogens with zero attached hydrogens (tertiary/aromatic N) is 1. The van der Waals surface area contributed by atoms with E-state index in [0.717, 1.165) is 34.4 Å². The van der Waals surface area contributed by atoms with Crippen LogP contribution in [0.25, 0.3) is 11.1 Å². The number of hydrogen-bond donors (Lipinski definition) is 8. The lowest BCUT2D eigenvalue weighted by atomic mass is 9.74. The standard InChI is InChI=1S/C51H60N8O9/c52-23-27-68-28-25-54-48(65)42-21-24-53-44(60)19-20-46(62)59-26-6-22-51(34-59,31-36-7-2-1-3-8-36)50(67)58-43(49(66)56-32-40-10-5-4-9-39(40)30-45(61)57-42)29-35-11-13-37(14-12-35)38-15-17-41(18-16-38)55-33-47(63)64/h1-5,7-20,42-43,55H,6,21-34,52H2,(H,53,60)(H,54,65)(H,56,66)(H,57,61)(H,58,67)(H,63,64)/b20-19+/t42-,43-,51-/m0/s1. The second-order valence-corrected chi connectivity index (χ2v) is 16.9. The normalized spacial score (nSPS) is 20.2. The van der Waals surface area contributed by atoms with E-state index in [1.54, 1.807) is 41.3 Å². The van der Waals surface area contributed by atoms with Crippen LogP contribution >= 0.6 is 0 Å². The number of fused-ring (bicyclic) bond motifs is 3. The molecule has 68 heavy (non-hydrogen) atoms. The third kappa shape index (κ3) is 14.8. The van der Waals surface area contributed by atoms with Crippen LogP contribution in [0.4, 0.5) is 5.69 Å². The molecular formula is C51H60N8O9. The van der Waals surface area contributed by atoms with Crippen molar-refractivity contribution in [2.24, 2.45) is 11.1 Å². The Bertz CT molecular complexity index is 2410. The van der Waals surface area contributed by atoms with Gasteiger partial charge in [0.1, 0.15) is 18.6 Å². The lowest BCUT2D eigenvalue weighted by Gasteiger charge is -2.42. The Kier molecular flexibility index (Phi) is 18.4. The van der Waals surface area contributed by atoms with E-state index in [1.165, 1.54) is 0 Å². The molecule has 3 atom stereocenters. The van der Waals surface area contributed by atoms with Gasteiger partial charge in [0, 0.05) is 63.5 Å². The maximum atomic E-state index is 14.9. The van der Waals surface area contributed by atoms with Crippen molar-refractivity contribution in [2.45, 2.75) is 57.2 Å². The summed E-state index contributed by atoms with van der Waals surface area (Å²) >= 11 is 0. The summed E-state index contributed by atoms with van der Waals surface area (Å²) in [4.78, 5) is 95.6. The van der Waals surface area contributed by atoms with Gasteiger partial charge in [-0.1, -0.05) is 91.0 Å². The molecule has 0 radical (unpaired) electrons. The molecule has 6 rings (SSSR count). The van der Waals surface area contributed by atoms with E-state index >= 15 is 0 Å². The number of hydrogen-bond acceptors (Lipinski definition) is 10. The number of nitrogens with two attached hydrogens (primary N) is 1. The lowest BCUT2D eigenvalue weighted by molar-refractivity contribution is -0.141. The zero-order chi connectivity index (χ0) is 48.3. The number of amides is 6. The Balaban J connectivity index is 1.29. The highest BCUT2D eigenvalue weighted by atomic mass is 16.5. The molecule has 4 aromatic rings. The zero-order valence-electron chi connectivity index (χ0n) is 38.0. The van der Waals surface area contributed by atoms with E-state index in [9.17, 15) is 33.6 Å². The molecule has 0 aromatic heterocycles. The van der Waals surface area contributed by atoms with Gasteiger partial charge < -0.3 is 52.4 Å². The van der Waals surface area contributed by atoms with Crippen molar-refractivity contribution in [3.8, 4) is 11.1 Å². The monoisotopic (exact) mass is 928 g/mol. The molecule has 1 saturated heterocycles. The largest absolute Gasteiger partial charge is 0.480 e. The molecule has 4 aromatic carbocycles. The predicted molar refractivity (Wildman–Crippen MR) is 256 cm³/mol. The third-order valence-corrected chi connectivity index (χ3v) is 11.9. The van der Waals surface area contributed by atoms with E-state index in [-0.39, 0.29) is 65.0 Å². The number of ether oxygens (including phenoxy) is 1. The molecule has 0 unspecified atom stereocenters. The molecule has 17 nitrogen and oxygen atoms in total. The fourth-order valence-electron chi connectivity index (χ4n) is 8.37. The van der Waals surface area contributed by atoms with Crippen LogP contribution in [0.1, 0.15) is 41.5 Å². The topological polar surface area (TPSA) is 250 Å². The number of rotatable bonds is 14. The van der Waals surface area contributed by atoms with Crippen LogP contribution in [-0.2, 0) is 64.1 Å². The number of anilines is 1. The highest BCUT2D eigenvalue weighted by molar-refractivity contribution is 5.97. The molecule has 0 spiro atoms. The van der Waals surface area contributed by atoms with Gasteiger partial charge in [0.05, 0.1) is 25.0 Å². The molecular weight excluding hydrogens is 869 g/mol. The molecule has 2 heterocycles. The van der Waals surface area contributed by atoms with Gasteiger partial charge in [0.2, 0.25) is 35.4 Å². The minimum Gasteiger partial charge on any atom is -0.480 e. The van der Waals surface area contributed by atoms with Gasteiger partial charge >= 0.3 is 5.97 Å². The Morgan fingerprint density at radius 1 is 0.809 bits per heavy atom. The average molecular weight is 929 g/mol. The SMILES string of the molecule is NCCOCCNC(=O)[C@@H]1CCNC(=O)/C=C/C(=O)N2CCC[C@](Cc3ccccc3)(C2)C(=O)N[C@@H](Cc2ccc(-c3ccc(NCC(=O)O)cc3)cc2)C(=O)NCc2ccccc2CC(=O)N1. The number of piperidine rings is 1. The van der Waals surface area contributed by atoms with Crippen LogP contribution in [0, 0.1) is 5.41 Å². The number of carbonyl (C=O) groups excluding carboxylic acids is 6. The van der Waals surface area contributed by atoms with Crippen molar-refractivity contribution in [2.75, 3.05) is 57.8 Å². The van der Waals surface area contributed by atoms with Crippen molar-refractivity contribution in [1.82, 2.24) is 31.5 Å². The van der Waals surface area contributed by atoms with Crippen LogP contribution in [-0.4, -0.2) is 116 Å². The summed E-state index contributed by atoms with van der Waals surface area (Å²) in [6, 6.07) is 29.4. The minimum atomic E-state index is -1.14. The summed E-state index contributed by atoms with van der Waals surface area (Å²) in [7, 11) is 0. The molecule has 0 saturated carbocycles. The van der Waals surface area contributed by atoms with Gasteiger partial charge in [-0.25, -0.2) is 0 Å². The molecule has 6 amide bonds. The number of carboxylic acid groups (broad SMARTS) is 1. The van der Waals surface area contributed by atoms with Gasteiger partial charge in [-0.3, -0.25) is 33.6 Å². The average Bonchev–Trinajstić information content (AvgIpc) is 3.34. The Labute approximate surface area is 395 Å². The fourth-order valence-corrected chi connectivity index (χ4v) is 8.37. The number of carboxylic acids is 1. The number of benzene rings is 4. The van der Waals surface area contributed by atoms with Gasteiger partial charge in [-0.05, 0) is 71.2 Å². The fraction of sp³-hybridized carbons (Fsp3) is 0.353. The van der Waals surface area contributed by atoms with Crippen LogP contribution in [0.3, 0.4) is 0 Å². The maximum absolute atomic E-state index is 14.9. The number of carbonyl (C=O) groups is 7. The van der Waals surface area contributed by atoms with E-state index in [0.29, 0.717) is 49.4 Å². The van der Waals surface area contributed by atoms with Crippen molar-refractivity contribution < 1.29 is 43.4 Å². The maximum Gasteiger partial charge on any atom is 0.322 e. The minimum absolute atomic E-state index is 0.000686. The summed E-state index contributed by atoms with van der Waals surface area (Å²) in [5.74, 6) is -3.81. The zero-order valence-corrected chi connectivity index (χ0v) is 38.0. The van der Waals surface area contributed by atoms with E-state index < -0.39 is 58.9 Å². The van der Waals surface area contributed by atoms with Crippen LogP contribution in [0.2, 0.25) is 0 Å². The number of aliphatic carboxylic acids is 1. The molecule has 1 fully saturated rings. The molecule has 358 valence electrons. The Morgan fingerprint density at radius 3 is 2.24 bits per heavy atom. The first kappa shape index (κ1) is 50.1. The summed E-state index contributed by atoms with van der Waals surface area (Å²) in [6.45, 7) is 1.23. The molecule has 9 N–H and O–H groups in total. The molecule has 0 aliphatic carbocycles. The smallest absolute Gasteiger partial charge is 0.322 e. The van der Waals surface area contributed by atoms with Crippen molar-refractivity contribution in [3.05, 3.63) is 138 Å². The van der Waals surface area contributed by atoms with Crippen molar-refractivity contribution >= 4 is 47.1 Å². The van der Waals surface area contributed by atoms with Gasteiger partial charge in [-0.15, -0.1) is 0 Å². The van der Waals surface area contributed by atoms with Gasteiger partial charge in [0.15, 0.2) is 0 Å². The van der Waals surface area contributed by atoms with Crippen LogP contribution in [0.15, 0.2) is 115 Å². The first-order chi connectivity index (χ1) is 32.9. The Hall–Kier alpha value is -7.37. The summed E-state index contributed by atoms with van der Waals surface area (Å²) in [5, 5.41) is 26.2. The van der Waals surface area contributed by atoms with Crippen molar-refractivity contribution in [3.63, 3.8) is 0 Å². The molecule has 2 aliphatic heterocycles. The van der Waals surface area contributed by atoms with Crippen LogP contribution < -0.4 is 37.6 Å². The third-order valence-electron chi connectivity index (χ3n) is 11.9. The predicted octanol–water partition coefficient (Wildman–Crippen LogP) is 2.24. The lowest BCUT2D eigenvalue weighted by Crippen LogP contribution is -2.58. The highest BCUT2D eigenvalue weighted by Gasteiger charge is 2.44. The Morgan fingerprint density at radius 2 is 1.51 bits per heavy atom. The summed E-state index contributed by atoms with van der Waals surface area (Å²) in [5.41, 5.74) is 9.69. The number of nitrogens with one attached hydrogen (secondary N) is 6. The summed E-state index contributed by atoms with van der Waals surface area (Å²) < 4.78 is 5.37. The summed E-state index contributed by atoms with van der Waals surface area (Å²) in [6.07, 6.45) is 3.51. The molecule has 2 aliphatic rings. The molecule has 2 bridgehead atoms. The first-order valence-electron chi connectivity index (χ1n) is 22.9. The first-order valence-corrected chi connectivity index (χ1v) is 22.9. The second kappa shape index (κ2) is 25.0. The van der Waals surface area contributed by atoms with E-state index in [1.807, 2.05) is 66.7 Å². The van der Waals surface area contributed by atoms with Gasteiger partial charge in [0.25, 0.3) is 0 Å². The van der Waals surface area contributed by atoms with Crippen molar-refractivity contribution in [1.29, 1.82) is 0 Å². The van der Waals surface area contributed by atoms with E-state index in [4.69, 9.17) is 15.6 Å². The van der Waals surface area contributed by atoms with E-state index in [2.05, 4.69) is 31.9 Å². The quantitative estimate of drug-likeness (QED) is 0.0852. The molecule has 17 heteroatoms.